The molecule has 0 spiro atoms. The van der Waals surface area contributed by atoms with Crippen LogP contribution in [0.4, 0.5) is 17.1 Å². The minimum absolute atomic E-state index is 0.0800. The maximum Gasteiger partial charge on any atom is 0.145 e. The van der Waals surface area contributed by atoms with Gasteiger partial charge in [0.15, 0.2) is 0 Å². The van der Waals surface area contributed by atoms with Gasteiger partial charge >= 0.3 is 0 Å². The van der Waals surface area contributed by atoms with Gasteiger partial charge in [0, 0.05) is 24.5 Å². The van der Waals surface area contributed by atoms with Gasteiger partial charge in [0.1, 0.15) is 12.3 Å². The predicted molar refractivity (Wildman–Crippen MR) is 129 cm³/mol. The minimum Gasteiger partial charge on any atom is -0.360 e. The van der Waals surface area contributed by atoms with Crippen molar-refractivity contribution in [2.75, 3.05) is 22.2 Å². The summed E-state index contributed by atoms with van der Waals surface area (Å²) in [5.74, 6) is 0. The fraction of sp³-hybridized carbons (Fsp3) is 0.192. The molecule has 1 aromatic heterocycles. The fourth-order valence-corrected chi connectivity index (χ4v) is 4.35. The largest absolute Gasteiger partial charge is 0.360 e. The predicted octanol–water partition coefficient (Wildman–Crippen LogP) is 6.47. The molecule has 0 radical (unpaired) electrons. The third-order valence-corrected chi connectivity index (χ3v) is 5.69. The van der Waals surface area contributed by atoms with E-state index < -0.39 is 0 Å². The van der Waals surface area contributed by atoms with E-state index in [1.54, 1.807) is 0 Å². The molecule has 5 rings (SSSR count). The fourth-order valence-electron chi connectivity index (χ4n) is 4.35. The number of aromatic nitrogens is 1. The van der Waals surface area contributed by atoms with Gasteiger partial charge in [-0.2, -0.15) is 0 Å². The summed E-state index contributed by atoms with van der Waals surface area (Å²) in [5.41, 5.74) is 7.83. The van der Waals surface area contributed by atoms with Crippen LogP contribution in [0.15, 0.2) is 74.0 Å². The number of para-hydroxylation sites is 3. The van der Waals surface area contributed by atoms with Crippen molar-refractivity contribution >= 4 is 29.2 Å². The molecular weight excluding hydrogens is 368 g/mol. The van der Waals surface area contributed by atoms with E-state index in [0.29, 0.717) is 0 Å². The molecule has 3 heterocycles. The van der Waals surface area contributed by atoms with Crippen molar-refractivity contribution in [3.05, 3.63) is 96.3 Å². The number of fused-ring (bicyclic) bond motifs is 5. The highest BCUT2D eigenvalue weighted by atomic mass is 15.5. The first-order valence-corrected chi connectivity index (χ1v) is 10.4. The lowest BCUT2D eigenvalue weighted by Crippen LogP contribution is -2.43. The highest BCUT2D eigenvalue weighted by molar-refractivity contribution is 5.82. The Bertz CT molecular complexity index is 1090. The third kappa shape index (κ3) is 2.96. The second-order valence-electron chi connectivity index (χ2n) is 7.16. The van der Waals surface area contributed by atoms with Crippen molar-refractivity contribution in [2.24, 2.45) is 0 Å². The van der Waals surface area contributed by atoms with Crippen molar-refractivity contribution in [3.8, 4) is 0 Å². The van der Waals surface area contributed by atoms with Gasteiger partial charge in [0.2, 0.25) is 0 Å². The van der Waals surface area contributed by atoms with Crippen molar-refractivity contribution < 1.29 is 0 Å². The Kier molecular flexibility index (Phi) is 5.32. The van der Waals surface area contributed by atoms with Crippen LogP contribution in [0, 0.1) is 0 Å². The summed E-state index contributed by atoms with van der Waals surface area (Å²) in [4.78, 5) is 9.53. The van der Waals surface area contributed by atoms with Gasteiger partial charge in [0.25, 0.3) is 0 Å². The van der Waals surface area contributed by atoms with Gasteiger partial charge in [-0.05, 0) is 35.4 Å². The molecule has 2 aliphatic heterocycles. The van der Waals surface area contributed by atoms with Gasteiger partial charge in [-0.1, -0.05) is 69.5 Å². The van der Waals surface area contributed by atoms with Crippen LogP contribution in [0.25, 0.3) is 12.2 Å². The van der Waals surface area contributed by atoms with E-state index >= 15 is 0 Å². The molecular formula is C26H28N4. The number of anilines is 3. The number of benzene rings is 2. The monoisotopic (exact) mass is 396 g/mol. The van der Waals surface area contributed by atoms with Gasteiger partial charge in [0.05, 0.1) is 17.1 Å². The number of pyridine rings is 1. The molecule has 0 aliphatic carbocycles. The Morgan fingerprint density at radius 2 is 1.60 bits per heavy atom. The average Bonchev–Trinajstić information content (AvgIpc) is 3.12. The lowest BCUT2D eigenvalue weighted by Gasteiger charge is -2.43. The molecule has 30 heavy (non-hydrogen) atoms. The maximum absolute atomic E-state index is 4.77. The third-order valence-electron chi connectivity index (χ3n) is 5.69. The molecule has 152 valence electrons. The van der Waals surface area contributed by atoms with Crippen LogP contribution in [-0.2, 0) is 0 Å². The van der Waals surface area contributed by atoms with Crippen LogP contribution in [0.2, 0.25) is 0 Å². The van der Waals surface area contributed by atoms with E-state index in [1.165, 1.54) is 16.9 Å². The summed E-state index contributed by atoms with van der Waals surface area (Å²) < 4.78 is 0. The number of hydrogen-bond donors (Lipinski definition) is 1. The SMILES string of the molecule is C=Cc1cnc(C2Nc3ccccc3C3N(C)c4ccccc4N23)cc1C=C.CC. The summed E-state index contributed by atoms with van der Waals surface area (Å²) >= 11 is 0. The zero-order chi connectivity index (χ0) is 21.3. The van der Waals surface area contributed by atoms with Crippen LogP contribution < -0.4 is 15.1 Å². The summed E-state index contributed by atoms with van der Waals surface area (Å²) in [7, 11) is 2.16. The summed E-state index contributed by atoms with van der Waals surface area (Å²) in [5, 5.41) is 3.71. The molecule has 0 saturated carbocycles. The van der Waals surface area contributed by atoms with Crippen LogP contribution in [-0.4, -0.2) is 12.0 Å². The molecule has 4 heteroatoms. The molecule has 2 aliphatic rings. The Balaban J connectivity index is 0.00000106. The summed E-state index contributed by atoms with van der Waals surface area (Å²) in [6.07, 6.45) is 5.60. The number of hydrogen-bond acceptors (Lipinski definition) is 4. The van der Waals surface area contributed by atoms with Crippen LogP contribution >= 0.6 is 0 Å². The molecule has 1 N–H and O–H groups in total. The molecule has 0 bridgehead atoms. The zero-order valence-corrected chi connectivity index (χ0v) is 17.8. The second-order valence-corrected chi connectivity index (χ2v) is 7.16. The van der Waals surface area contributed by atoms with E-state index in [9.17, 15) is 0 Å². The van der Waals surface area contributed by atoms with Crippen LogP contribution in [0.5, 0.6) is 0 Å². The van der Waals surface area contributed by atoms with E-state index in [4.69, 9.17) is 4.98 Å². The molecule has 0 fully saturated rings. The first-order valence-electron chi connectivity index (χ1n) is 10.4. The van der Waals surface area contributed by atoms with Crippen molar-refractivity contribution in [2.45, 2.75) is 26.2 Å². The average molecular weight is 397 g/mol. The highest BCUT2D eigenvalue weighted by Crippen LogP contribution is 2.53. The summed E-state index contributed by atoms with van der Waals surface area (Å²) in [6, 6.07) is 19.2. The second kappa shape index (κ2) is 8.07. The summed E-state index contributed by atoms with van der Waals surface area (Å²) in [6.45, 7) is 11.8. The molecule has 4 nitrogen and oxygen atoms in total. The first kappa shape index (κ1) is 19.8. The van der Waals surface area contributed by atoms with Crippen LogP contribution in [0.3, 0.4) is 0 Å². The van der Waals surface area contributed by atoms with E-state index in [0.717, 1.165) is 22.5 Å². The van der Waals surface area contributed by atoms with E-state index in [2.05, 4.69) is 89.9 Å². The number of nitrogens with one attached hydrogen (secondary N) is 1. The Morgan fingerprint density at radius 3 is 2.33 bits per heavy atom. The van der Waals surface area contributed by atoms with Crippen molar-refractivity contribution in [3.63, 3.8) is 0 Å². The normalized spacial score (nSPS) is 18.2. The molecule has 3 aromatic rings. The number of rotatable bonds is 3. The van der Waals surface area contributed by atoms with Gasteiger partial charge in [-0.15, -0.1) is 0 Å². The Morgan fingerprint density at radius 1 is 0.933 bits per heavy atom. The lowest BCUT2D eigenvalue weighted by atomic mass is 10.0. The highest BCUT2D eigenvalue weighted by Gasteiger charge is 2.43. The van der Waals surface area contributed by atoms with Gasteiger partial charge in [-0.3, -0.25) is 4.98 Å². The van der Waals surface area contributed by atoms with E-state index in [1.807, 2.05) is 32.2 Å². The molecule has 2 aromatic carbocycles. The Hall–Kier alpha value is -3.53. The Labute approximate surface area is 179 Å². The van der Waals surface area contributed by atoms with Gasteiger partial charge < -0.3 is 15.1 Å². The minimum atomic E-state index is -0.0800. The van der Waals surface area contributed by atoms with Crippen molar-refractivity contribution in [1.29, 1.82) is 0 Å². The topological polar surface area (TPSA) is 31.4 Å². The molecule has 0 amide bonds. The van der Waals surface area contributed by atoms with Crippen molar-refractivity contribution in [1.82, 2.24) is 4.98 Å². The van der Waals surface area contributed by atoms with Gasteiger partial charge in [-0.25, -0.2) is 0 Å². The standard InChI is InChI=1S/C24H22N4.C2H6/c1-4-16-14-20(25-15-17(16)5-2)23-26-19-11-7-6-10-18(19)24-27(3)21-12-8-9-13-22(21)28(23)24;1-2/h4-15,23-24,26H,1-2H2,3H3;1-2H3. The molecule has 0 saturated heterocycles. The maximum atomic E-state index is 4.77. The lowest BCUT2D eigenvalue weighted by molar-refractivity contribution is 0.553. The van der Waals surface area contributed by atoms with E-state index in [-0.39, 0.29) is 12.3 Å². The molecule has 2 unspecified atom stereocenters. The van der Waals surface area contributed by atoms with Crippen LogP contribution in [0.1, 0.15) is 48.6 Å². The first-order chi connectivity index (χ1) is 14.7. The zero-order valence-electron chi connectivity index (χ0n) is 17.8. The molecule has 2 atom stereocenters. The smallest absolute Gasteiger partial charge is 0.145 e. The quantitative estimate of drug-likeness (QED) is 0.549. The number of nitrogens with zero attached hydrogens (tertiary/aromatic N) is 3.